The van der Waals surface area contributed by atoms with Gasteiger partial charge in [0.2, 0.25) is 0 Å². The Bertz CT molecular complexity index is 702. The normalized spacial score (nSPS) is 10.6. The molecule has 4 nitrogen and oxygen atoms in total. The number of aromatic nitrogens is 1. The second-order valence-corrected chi connectivity index (χ2v) is 5.74. The molecule has 0 saturated carbocycles. The number of benzene rings is 1. The highest BCUT2D eigenvalue weighted by Crippen LogP contribution is 2.27. The number of hydrogen-bond acceptors (Lipinski definition) is 4. The van der Waals surface area contributed by atoms with Gasteiger partial charge in [-0.2, -0.15) is 0 Å². The van der Waals surface area contributed by atoms with Crippen LogP contribution in [-0.4, -0.2) is 42.7 Å². The fourth-order valence-corrected chi connectivity index (χ4v) is 2.37. The van der Waals surface area contributed by atoms with Crippen molar-refractivity contribution < 1.29 is 9.47 Å². The maximum atomic E-state index is 5.45. The number of likely N-dealkylation sites (N-methyl/N-ethyl adjacent to an activating group) is 1. The molecule has 0 unspecified atom stereocenters. The summed E-state index contributed by atoms with van der Waals surface area (Å²) in [7, 11) is 5.28. The Morgan fingerprint density at radius 1 is 1.21 bits per heavy atom. The van der Waals surface area contributed by atoms with Gasteiger partial charge in [-0.15, -0.1) is 0 Å². The lowest BCUT2D eigenvalue weighted by atomic mass is 10.1. The largest absolute Gasteiger partial charge is 0.493 e. The SMILES string of the molecule is COc1ccc(CCN(C)C(=S)C=Cc2cccnc2)cc1OC. The van der Waals surface area contributed by atoms with Crippen molar-refractivity contribution >= 4 is 23.3 Å². The third-order valence-electron chi connectivity index (χ3n) is 3.66. The molecule has 24 heavy (non-hydrogen) atoms. The fraction of sp³-hybridized carbons (Fsp3) is 0.263. The van der Waals surface area contributed by atoms with Crippen LogP contribution in [0.3, 0.4) is 0 Å². The van der Waals surface area contributed by atoms with Gasteiger partial charge in [0.05, 0.1) is 14.2 Å². The molecular formula is C19H22N2O2S. The van der Waals surface area contributed by atoms with Crippen LogP contribution in [0.15, 0.2) is 48.8 Å². The molecule has 0 bridgehead atoms. The monoisotopic (exact) mass is 342 g/mol. The van der Waals surface area contributed by atoms with Crippen molar-refractivity contribution in [3.8, 4) is 11.5 Å². The number of nitrogens with zero attached hydrogens (tertiary/aromatic N) is 2. The van der Waals surface area contributed by atoms with Crippen molar-refractivity contribution in [1.29, 1.82) is 0 Å². The predicted octanol–water partition coefficient (Wildman–Crippen LogP) is 3.61. The molecule has 1 heterocycles. The van der Waals surface area contributed by atoms with E-state index in [1.807, 2.05) is 55.7 Å². The first-order valence-corrected chi connectivity index (χ1v) is 8.09. The van der Waals surface area contributed by atoms with Crippen LogP contribution in [0.2, 0.25) is 0 Å². The molecule has 0 aliphatic carbocycles. The van der Waals surface area contributed by atoms with Gasteiger partial charge < -0.3 is 14.4 Å². The van der Waals surface area contributed by atoms with E-state index in [-0.39, 0.29) is 0 Å². The zero-order valence-corrected chi connectivity index (χ0v) is 15.0. The van der Waals surface area contributed by atoms with Crippen molar-refractivity contribution in [2.75, 3.05) is 27.8 Å². The molecule has 0 aliphatic heterocycles. The van der Waals surface area contributed by atoms with Crippen LogP contribution in [0.1, 0.15) is 11.1 Å². The first-order valence-electron chi connectivity index (χ1n) is 7.68. The molecule has 2 aromatic rings. The van der Waals surface area contributed by atoms with Gasteiger partial charge in [0.25, 0.3) is 0 Å². The molecule has 1 aromatic heterocycles. The molecule has 2 rings (SSSR count). The third kappa shape index (κ3) is 5.06. The van der Waals surface area contributed by atoms with Crippen LogP contribution in [0, 0.1) is 0 Å². The van der Waals surface area contributed by atoms with Crippen LogP contribution in [0.25, 0.3) is 6.08 Å². The van der Waals surface area contributed by atoms with Crippen LogP contribution in [0.5, 0.6) is 11.5 Å². The Balaban J connectivity index is 1.91. The third-order valence-corrected chi connectivity index (χ3v) is 4.11. The summed E-state index contributed by atoms with van der Waals surface area (Å²) in [5, 5.41) is 0. The Morgan fingerprint density at radius 3 is 2.67 bits per heavy atom. The fourth-order valence-electron chi connectivity index (χ4n) is 2.21. The molecule has 126 valence electrons. The molecule has 1 aromatic carbocycles. The zero-order chi connectivity index (χ0) is 17.4. The van der Waals surface area contributed by atoms with E-state index in [1.54, 1.807) is 20.4 Å². The molecule has 0 amide bonds. The molecule has 5 heteroatoms. The summed E-state index contributed by atoms with van der Waals surface area (Å²) in [4.78, 5) is 6.93. The van der Waals surface area contributed by atoms with Gasteiger partial charge in [-0.3, -0.25) is 4.98 Å². The molecule has 0 N–H and O–H groups in total. The van der Waals surface area contributed by atoms with Crippen molar-refractivity contribution in [2.24, 2.45) is 0 Å². The smallest absolute Gasteiger partial charge is 0.160 e. The van der Waals surface area contributed by atoms with E-state index in [1.165, 1.54) is 5.56 Å². The standard InChI is InChI=1S/C19H22N2O2S/c1-21(19(24)9-7-16-5-4-11-20-14-16)12-10-15-6-8-17(22-2)18(13-15)23-3/h4-9,11,13-14H,10,12H2,1-3H3. The van der Waals surface area contributed by atoms with Crippen molar-refractivity contribution in [1.82, 2.24) is 9.88 Å². The lowest BCUT2D eigenvalue weighted by Crippen LogP contribution is -2.25. The van der Waals surface area contributed by atoms with Crippen LogP contribution in [0.4, 0.5) is 0 Å². The minimum atomic E-state index is 0.740. The molecule has 0 aliphatic rings. The summed E-state index contributed by atoms with van der Waals surface area (Å²) in [5.41, 5.74) is 2.21. The van der Waals surface area contributed by atoms with Crippen LogP contribution < -0.4 is 9.47 Å². The van der Waals surface area contributed by atoms with Crippen molar-refractivity contribution in [2.45, 2.75) is 6.42 Å². The number of methoxy groups -OCH3 is 2. The second-order valence-electron chi connectivity index (χ2n) is 5.32. The summed E-state index contributed by atoms with van der Waals surface area (Å²) in [5.74, 6) is 1.49. The average Bonchev–Trinajstić information content (AvgIpc) is 2.64. The second kappa shape index (κ2) is 9.03. The predicted molar refractivity (Wildman–Crippen MR) is 102 cm³/mol. The quantitative estimate of drug-likeness (QED) is 0.567. The molecule has 0 spiro atoms. The van der Waals surface area contributed by atoms with Crippen molar-refractivity contribution in [3.05, 3.63) is 59.9 Å². The molecule has 0 fully saturated rings. The number of ether oxygens (including phenoxy) is 2. The highest BCUT2D eigenvalue weighted by molar-refractivity contribution is 7.80. The summed E-state index contributed by atoms with van der Waals surface area (Å²) >= 11 is 5.45. The van der Waals surface area contributed by atoms with E-state index in [0.29, 0.717) is 0 Å². The lowest BCUT2D eigenvalue weighted by molar-refractivity contribution is 0.354. The summed E-state index contributed by atoms with van der Waals surface area (Å²) in [6.07, 6.45) is 8.34. The summed E-state index contributed by atoms with van der Waals surface area (Å²) in [6.45, 7) is 0.825. The average molecular weight is 342 g/mol. The van der Waals surface area contributed by atoms with Gasteiger partial charge in [-0.25, -0.2) is 0 Å². The minimum Gasteiger partial charge on any atom is -0.493 e. The van der Waals surface area contributed by atoms with Crippen molar-refractivity contribution in [3.63, 3.8) is 0 Å². The Hall–Kier alpha value is -2.40. The summed E-state index contributed by atoms with van der Waals surface area (Å²) in [6, 6.07) is 9.87. The number of pyridine rings is 1. The van der Waals surface area contributed by atoms with Gasteiger partial charge in [-0.05, 0) is 41.8 Å². The maximum Gasteiger partial charge on any atom is 0.160 e. The first-order chi connectivity index (χ1) is 11.6. The van der Waals surface area contributed by atoms with E-state index in [9.17, 15) is 0 Å². The molecular weight excluding hydrogens is 320 g/mol. The van der Waals surface area contributed by atoms with E-state index in [2.05, 4.69) is 9.88 Å². The topological polar surface area (TPSA) is 34.6 Å². The van der Waals surface area contributed by atoms with Gasteiger partial charge in [-0.1, -0.05) is 30.4 Å². The Morgan fingerprint density at radius 2 is 2.00 bits per heavy atom. The van der Waals surface area contributed by atoms with Crippen LogP contribution in [-0.2, 0) is 6.42 Å². The molecule has 0 saturated heterocycles. The molecule has 0 radical (unpaired) electrons. The van der Waals surface area contributed by atoms with E-state index >= 15 is 0 Å². The lowest BCUT2D eigenvalue weighted by Gasteiger charge is -2.18. The Labute approximate surface area is 148 Å². The molecule has 0 atom stereocenters. The highest BCUT2D eigenvalue weighted by Gasteiger charge is 2.06. The minimum absolute atomic E-state index is 0.740. The highest BCUT2D eigenvalue weighted by atomic mass is 32.1. The Kier molecular flexibility index (Phi) is 6.75. The van der Waals surface area contributed by atoms with Gasteiger partial charge in [0.15, 0.2) is 11.5 Å². The summed E-state index contributed by atoms with van der Waals surface area (Å²) < 4.78 is 10.6. The van der Waals surface area contributed by atoms with E-state index < -0.39 is 0 Å². The van der Waals surface area contributed by atoms with E-state index in [0.717, 1.165) is 35.0 Å². The number of rotatable bonds is 7. The van der Waals surface area contributed by atoms with Gasteiger partial charge in [0, 0.05) is 26.0 Å². The zero-order valence-electron chi connectivity index (χ0n) is 14.2. The first kappa shape index (κ1) is 17.9. The van der Waals surface area contributed by atoms with E-state index in [4.69, 9.17) is 21.7 Å². The maximum absolute atomic E-state index is 5.45. The van der Waals surface area contributed by atoms with Crippen LogP contribution >= 0.6 is 12.2 Å². The van der Waals surface area contributed by atoms with Gasteiger partial charge in [0.1, 0.15) is 4.99 Å². The van der Waals surface area contributed by atoms with Gasteiger partial charge >= 0.3 is 0 Å². The number of hydrogen-bond donors (Lipinski definition) is 0. The number of thiocarbonyl (C=S) groups is 1.